The van der Waals surface area contributed by atoms with Gasteiger partial charge in [0.2, 0.25) is 5.89 Å². The van der Waals surface area contributed by atoms with Crippen LogP contribution in [0.15, 0.2) is 4.52 Å². The summed E-state index contributed by atoms with van der Waals surface area (Å²) in [5, 5.41) is 7.43. The minimum atomic E-state index is 0.538. The van der Waals surface area contributed by atoms with Crippen molar-refractivity contribution in [3.8, 4) is 0 Å². The Bertz CT molecular complexity index is 350. The summed E-state index contributed by atoms with van der Waals surface area (Å²) in [5.41, 5.74) is 0. The number of piperazine rings is 1. The molecule has 5 heteroatoms. The van der Waals surface area contributed by atoms with Crippen LogP contribution in [-0.2, 0) is 13.0 Å². The van der Waals surface area contributed by atoms with Crippen molar-refractivity contribution in [2.75, 3.05) is 19.6 Å². The Morgan fingerprint density at radius 3 is 3.06 bits per heavy atom. The summed E-state index contributed by atoms with van der Waals surface area (Å²) in [4.78, 5) is 6.83. The first-order valence-electron chi connectivity index (χ1n) is 6.41. The molecule has 1 aromatic heterocycles. The van der Waals surface area contributed by atoms with Gasteiger partial charge in [-0.2, -0.15) is 4.98 Å². The summed E-state index contributed by atoms with van der Waals surface area (Å²) in [6, 6.07) is 0.538. The van der Waals surface area contributed by atoms with Crippen molar-refractivity contribution >= 4 is 0 Å². The zero-order chi connectivity index (χ0) is 12.3. The molecule has 2 heterocycles. The maximum Gasteiger partial charge on any atom is 0.226 e. The highest BCUT2D eigenvalue weighted by molar-refractivity contribution is 4.89. The molecular formula is C12H22N4O. The zero-order valence-electron chi connectivity index (χ0n) is 10.9. The van der Waals surface area contributed by atoms with E-state index in [2.05, 4.69) is 41.1 Å². The highest BCUT2D eigenvalue weighted by Crippen LogP contribution is 2.10. The molecule has 0 bridgehead atoms. The first-order chi connectivity index (χ1) is 8.15. The fourth-order valence-electron chi connectivity index (χ4n) is 2.09. The number of hydrogen-bond acceptors (Lipinski definition) is 5. The quantitative estimate of drug-likeness (QED) is 0.850. The monoisotopic (exact) mass is 238 g/mol. The van der Waals surface area contributed by atoms with E-state index in [0.717, 1.165) is 44.3 Å². The summed E-state index contributed by atoms with van der Waals surface area (Å²) < 4.78 is 5.25. The molecule has 1 saturated heterocycles. The molecule has 5 nitrogen and oxygen atoms in total. The van der Waals surface area contributed by atoms with Gasteiger partial charge in [0.15, 0.2) is 5.82 Å². The Kier molecular flexibility index (Phi) is 4.12. The molecular weight excluding hydrogens is 216 g/mol. The lowest BCUT2D eigenvalue weighted by molar-refractivity contribution is 0.160. The van der Waals surface area contributed by atoms with Crippen LogP contribution in [0, 0.1) is 5.92 Å². The highest BCUT2D eigenvalue weighted by Gasteiger charge is 2.20. The van der Waals surface area contributed by atoms with Gasteiger partial charge >= 0.3 is 0 Å². The van der Waals surface area contributed by atoms with Crippen LogP contribution in [0.3, 0.4) is 0 Å². The largest absolute Gasteiger partial charge is 0.339 e. The zero-order valence-corrected chi connectivity index (χ0v) is 10.9. The van der Waals surface area contributed by atoms with Gasteiger partial charge in [0.05, 0.1) is 6.54 Å². The SMILES string of the molecule is CC(C)Cc1nc(CN2CCNC[C@@H]2C)no1. The molecule has 1 N–H and O–H groups in total. The molecule has 1 aromatic rings. The summed E-state index contributed by atoms with van der Waals surface area (Å²) in [5.74, 6) is 2.13. The van der Waals surface area contributed by atoms with Gasteiger partial charge in [-0.05, 0) is 12.8 Å². The second kappa shape index (κ2) is 5.60. The minimum Gasteiger partial charge on any atom is -0.339 e. The third-order valence-corrected chi connectivity index (χ3v) is 3.08. The standard InChI is InChI=1S/C12H22N4O/c1-9(2)6-12-14-11(15-17-12)8-16-5-4-13-7-10(16)3/h9-10,13H,4-8H2,1-3H3/t10-/m0/s1. The molecule has 0 saturated carbocycles. The van der Waals surface area contributed by atoms with Gasteiger partial charge in [-0.1, -0.05) is 19.0 Å². The van der Waals surface area contributed by atoms with Gasteiger partial charge in [0.25, 0.3) is 0 Å². The van der Waals surface area contributed by atoms with E-state index in [1.54, 1.807) is 0 Å². The van der Waals surface area contributed by atoms with E-state index in [-0.39, 0.29) is 0 Å². The smallest absolute Gasteiger partial charge is 0.226 e. The predicted molar refractivity (Wildman–Crippen MR) is 65.6 cm³/mol. The lowest BCUT2D eigenvalue weighted by Crippen LogP contribution is -2.49. The van der Waals surface area contributed by atoms with Crippen molar-refractivity contribution in [1.82, 2.24) is 20.4 Å². The molecule has 0 unspecified atom stereocenters. The van der Waals surface area contributed by atoms with E-state index in [0.29, 0.717) is 12.0 Å². The van der Waals surface area contributed by atoms with Crippen LogP contribution in [0.5, 0.6) is 0 Å². The van der Waals surface area contributed by atoms with E-state index in [4.69, 9.17) is 4.52 Å². The van der Waals surface area contributed by atoms with Crippen molar-refractivity contribution in [1.29, 1.82) is 0 Å². The fourth-order valence-corrected chi connectivity index (χ4v) is 2.09. The topological polar surface area (TPSA) is 54.2 Å². The average molecular weight is 238 g/mol. The second-order valence-corrected chi connectivity index (χ2v) is 5.23. The lowest BCUT2D eigenvalue weighted by atomic mass is 10.1. The number of nitrogens with one attached hydrogen (secondary N) is 1. The molecule has 1 fully saturated rings. The van der Waals surface area contributed by atoms with Crippen molar-refractivity contribution in [3.05, 3.63) is 11.7 Å². The molecule has 1 aliphatic heterocycles. The summed E-state index contributed by atoms with van der Waals surface area (Å²) in [6.45, 7) is 10.5. The molecule has 0 aliphatic carbocycles. The average Bonchev–Trinajstić information content (AvgIpc) is 2.68. The molecule has 1 atom stereocenters. The molecule has 0 radical (unpaired) electrons. The van der Waals surface area contributed by atoms with Gasteiger partial charge in [-0.15, -0.1) is 0 Å². The van der Waals surface area contributed by atoms with Gasteiger partial charge in [0, 0.05) is 32.1 Å². The van der Waals surface area contributed by atoms with Crippen LogP contribution in [0.25, 0.3) is 0 Å². The van der Waals surface area contributed by atoms with Crippen molar-refractivity contribution in [2.24, 2.45) is 5.92 Å². The van der Waals surface area contributed by atoms with Crippen LogP contribution >= 0.6 is 0 Å². The maximum absolute atomic E-state index is 5.25. The van der Waals surface area contributed by atoms with E-state index in [1.165, 1.54) is 0 Å². The molecule has 1 aliphatic rings. The highest BCUT2D eigenvalue weighted by atomic mass is 16.5. The molecule has 0 spiro atoms. The van der Waals surface area contributed by atoms with E-state index >= 15 is 0 Å². The van der Waals surface area contributed by atoms with Gasteiger partial charge in [-0.3, -0.25) is 4.90 Å². The number of nitrogens with zero attached hydrogens (tertiary/aromatic N) is 3. The number of aromatic nitrogens is 2. The van der Waals surface area contributed by atoms with E-state index in [9.17, 15) is 0 Å². The van der Waals surface area contributed by atoms with Crippen LogP contribution in [-0.4, -0.2) is 40.7 Å². The maximum atomic E-state index is 5.25. The third-order valence-electron chi connectivity index (χ3n) is 3.08. The number of hydrogen-bond donors (Lipinski definition) is 1. The van der Waals surface area contributed by atoms with Gasteiger partial charge < -0.3 is 9.84 Å². The van der Waals surface area contributed by atoms with Crippen molar-refractivity contribution < 1.29 is 4.52 Å². The number of rotatable bonds is 4. The summed E-state index contributed by atoms with van der Waals surface area (Å²) in [7, 11) is 0. The Labute approximate surface area is 103 Å². The first-order valence-corrected chi connectivity index (χ1v) is 6.41. The third kappa shape index (κ3) is 3.51. The Morgan fingerprint density at radius 1 is 1.53 bits per heavy atom. The molecule has 17 heavy (non-hydrogen) atoms. The Hall–Kier alpha value is -0.940. The Morgan fingerprint density at radius 2 is 2.35 bits per heavy atom. The fraction of sp³-hybridized carbons (Fsp3) is 0.833. The van der Waals surface area contributed by atoms with Crippen LogP contribution in [0.2, 0.25) is 0 Å². The van der Waals surface area contributed by atoms with Gasteiger partial charge in [-0.25, -0.2) is 0 Å². The Balaban J connectivity index is 1.91. The van der Waals surface area contributed by atoms with Crippen LogP contribution < -0.4 is 5.32 Å². The predicted octanol–water partition coefficient (Wildman–Crippen LogP) is 1.06. The molecule has 0 amide bonds. The lowest BCUT2D eigenvalue weighted by Gasteiger charge is -2.32. The van der Waals surface area contributed by atoms with Crippen LogP contribution in [0.1, 0.15) is 32.5 Å². The van der Waals surface area contributed by atoms with Gasteiger partial charge in [0.1, 0.15) is 0 Å². The first kappa shape index (κ1) is 12.5. The summed E-state index contributed by atoms with van der Waals surface area (Å²) in [6.07, 6.45) is 0.865. The van der Waals surface area contributed by atoms with Crippen molar-refractivity contribution in [2.45, 2.75) is 39.8 Å². The molecule has 2 rings (SSSR count). The van der Waals surface area contributed by atoms with E-state index < -0.39 is 0 Å². The minimum absolute atomic E-state index is 0.538. The second-order valence-electron chi connectivity index (χ2n) is 5.23. The molecule has 96 valence electrons. The molecule has 0 aromatic carbocycles. The normalized spacial score (nSPS) is 22.2. The van der Waals surface area contributed by atoms with Crippen molar-refractivity contribution in [3.63, 3.8) is 0 Å². The van der Waals surface area contributed by atoms with Crippen LogP contribution in [0.4, 0.5) is 0 Å². The summed E-state index contributed by atoms with van der Waals surface area (Å²) >= 11 is 0. The van der Waals surface area contributed by atoms with E-state index in [1.807, 2.05) is 0 Å².